The summed E-state index contributed by atoms with van der Waals surface area (Å²) in [5, 5.41) is 4.43. The van der Waals surface area contributed by atoms with Gasteiger partial charge in [0.15, 0.2) is 0 Å². The molecule has 22 heavy (non-hydrogen) atoms. The molecule has 0 N–H and O–H groups in total. The zero-order valence-corrected chi connectivity index (χ0v) is 13.8. The minimum Gasteiger partial charge on any atom is -0.496 e. The maximum atomic E-state index is 13.1. The van der Waals surface area contributed by atoms with Gasteiger partial charge >= 0.3 is 0 Å². The quantitative estimate of drug-likeness (QED) is 0.678. The average Bonchev–Trinajstić information content (AvgIpc) is 2.94. The van der Waals surface area contributed by atoms with E-state index in [0.29, 0.717) is 0 Å². The Hall–Kier alpha value is -2.14. The largest absolute Gasteiger partial charge is 0.496 e. The third-order valence-corrected chi connectivity index (χ3v) is 4.09. The molecule has 2 aromatic carbocycles. The lowest BCUT2D eigenvalue weighted by Crippen LogP contribution is -1.92. The van der Waals surface area contributed by atoms with Crippen molar-refractivity contribution in [1.82, 2.24) is 9.78 Å². The number of aryl methyl sites for hydroxylation is 1. The summed E-state index contributed by atoms with van der Waals surface area (Å²) < 4.78 is 21.3. The molecule has 3 rings (SSSR count). The van der Waals surface area contributed by atoms with Crippen LogP contribution in [0.15, 0.2) is 53.1 Å². The van der Waals surface area contributed by atoms with E-state index in [0.717, 1.165) is 32.6 Å². The predicted molar refractivity (Wildman–Crippen MR) is 88.3 cm³/mol. The van der Waals surface area contributed by atoms with Crippen LogP contribution in [-0.2, 0) is 7.05 Å². The summed E-state index contributed by atoms with van der Waals surface area (Å²) in [6.45, 7) is 0. The predicted octanol–water partition coefficient (Wildman–Crippen LogP) is 4.66. The van der Waals surface area contributed by atoms with Gasteiger partial charge in [-0.1, -0.05) is 12.1 Å². The zero-order valence-electron chi connectivity index (χ0n) is 12.2. The Morgan fingerprint density at radius 1 is 1.09 bits per heavy atom. The van der Waals surface area contributed by atoms with E-state index >= 15 is 0 Å². The Morgan fingerprint density at radius 2 is 1.82 bits per heavy atom. The van der Waals surface area contributed by atoms with Crippen molar-refractivity contribution in [3.63, 3.8) is 0 Å². The first-order chi connectivity index (χ1) is 10.6. The van der Waals surface area contributed by atoms with Gasteiger partial charge in [-0.15, -0.1) is 0 Å². The number of rotatable bonds is 3. The van der Waals surface area contributed by atoms with E-state index in [1.807, 2.05) is 31.4 Å². The molecule has 5 heteroatoms. The van der Waals surface area contributed by atoms with Crippen LogP contribution in [0.2, 0.25) is 0 Å². The van der Waals surface area contributed by atoms with Gasteiger partial charge in [0.1, 0.15) is 11.6 Å². The van der Waals surface area contributed by atoms with Gasteiger partial charge in [-0.05, 0) is 51.8 Å². The first-order valence-electron chi connectivity index (χ1n) is 6.72. The summed E-state index contributed by atoms with van der Waals surface area (Å²) in [7, 11) is 3.50. The standard InChI is InChI=1S/C17H14BrFN2O/c1-21-8-7-16(20-21)14-9-13(17(22-2)10-15(14)18)11-3-5-12(19)6-4-11/h3-10H,1-2H3. The van der Waals surface area contributed by atoms with Crippen molar-refractivity contribution in [3.05, 3.63) is 59.0 Å². The summed E-state index contributed by atoms with van der Waals surface area (Å²) in [4.78, 5) is 0. The molecule has 3 nitrogen and oxygen atoms in total. The monoisotopic (exact) mass is 360 g/mol. The summed E-state index contributed by atoms with van der Waals surface area (Å²) in [6.07, 6.45) is 1.89. The van der Waals surface area contributed by atoms with E-state index < -0.39 is 0 Å². The van der Waals surface area contributed by atoms with Gasteiger partial charge in [0.2, 0.25) is 0 Å². The maximum absolute atomic E-state index is 13.1. The molecule has 0 amide bonds. The van der Waals surface area contributed by atoms with E-state index in [2.05, 4.69) is 21.0 Å². The lowest BCUT2D eigenvalue weighted by molar-refractivity contribution is 0.416. The normalized spacial score (nSPS) is 10.7. The number of benzene rings is 2. The van der Waals surface area contributed by atoms with Gasteiger partial charge in [0.05, 0.1) is 12.8 Å². The highest BCUT2D eigenvalue weighted by Crippen LogP contribution is 2.38. The fourth-order valence-electron chi connectivity index (χ4n) is 2.33. The topological polar surface area (TPSA) is 27.1 Å². The number of nitrogens with zero attached hydrogens (tertiary/aromatic N) is 2. The Morgan fingerprint density at radius 3 is 2.41 bits per heavy atom. The summed E-state index contributed by atoms with van der Waals surface area (Å²) >= 11 is 3.56. The number of aromatic nitrogens is 2. The van der Waals surface area contributed by atoms with Gasteiger partial charge < -0.3 is 4.74 Å². The number of ether oxygens (including phenoxy) is 1. The highest BCUT2D eigenvalue weighted by Gasteiger charge is 2.14. The van der Waals surface area contributed by atoms with Gasteiger partial charge in [-0.2, -0.15) is 5.10 Å². The second kappa shape index (κ2) is 5.93. The highest BCUT2D eigenvalue weighted by molar-refractivity contribution is 9.10. The molecule has 0 atom stereocenters. The highest BCUT2D eigenvalue weighted by atomic mass is 79.9. The van der Waals surface area contributed by atoms with E-state index in [4.69, 9.17) is 4.74 Å². The number of hydrogen-bond donors (Lipinski definition) is 0. The molecule has 0 saturated heterocycles. The van der Waals surface area contributed by atoms with Crippen molar-refractivity contribution >= 4 is 15.9 Å². The van der Waals surface area contributed by atoms with Gasteiger partial charge in [0.25, 0.3) is 0 Å². The molecule has 0 bridgehead atoms. The Balaban J connectivity index is 2.18. The van der Waals surface area contributed by atoms with Crippen LogP contribution in [0.4, 0.5) is 4.39 Å². The molecular weight excluding hydrogens is 347 g/mol. The molecule has 0 saturated carbocycles. The fraction of sp³-hybridized carbons (Fsp3) is 0.118. The Kier molecular flexibility index (Phi) is 3.98. The second-order valence-corrected chi connectivity index (χ2v) is 5.77. The van der Waals surface area contributed by atoms with Crippen molar-refractivity contribution < 1.29 is 9.13 Å². The molecule has 0 unspecified atom stereocenters. The summed E-state index contributed by atoms with van der Waals surface area (Å²) in [5.41, 5.74) is 3.61. The van der Waals surface area contributed by atoms with Crippen molar-refractivity contribution in [1.29, 1.82) is 0 Å². The molecule has 0 radical (unpaired) electrons. The molecule has 1 heterocycles. The molecule has 0 spiro atoms. The van der Waals surface area contributed by atoms with Crippen LogP contribution in [0.5, 0.6) is 5.75 Å². The number of hydrogen-bond acceptors (Lipinski definition) is 2. The molecule has 3 aromatic rings. The third kappa shape index (κ3) is 2.76. The maximum Gasteiger partial charge on any atom is 0.127 e. The molecule has 0 aliphatic rings. The smallest absolute Gasteiger partial charge is 0.127 e. The van der Waals surface area contributed by atoms with Crippen LogP contribution in [0.3, 0.4) is 0 Å². The molecule has 0 aliphatic carbocycles. The van der Waals surface area contributed by atoms with E-state index in [1.165, 1.54) is 12.1 Å². The SMILES string of the molecule is COc1cc(Br)c(-c2ccn(C)n2)cc1-c1ccc(F)cc1. The number of halogens is 2. The summed E-state index contributed by atoms with van der Waals surface area (Å²) in [6, 6.07) is 12.2. The van der Waals surface area contributed by atoms with E-state index in [9.17, 15) is 4.39 Å². The van der Waals surface area contributed by atoms with Crippen LogP contribution in [0.1, 0.15) is 0 Å². The molecule has 0 fully saturated rings. The zero-order chi connectivity index (χ0) is 15.7. The first kappa shape index (κ1) is 14.8. The summed E-state index contributed by atoms with van der Waals surface area (Å²) in [5.74, 6) is 0.461. The number of methoxy groups -OCH3 is 1. The van der Waals surface area contributed by atoms with Gasteiger partial charge in [0, 0.05) is 28.8 Å². The van der Waals surface area contributed by atoms with Crippen molar-refractivity contribution in [3.8, 4) is 28.1 Å². The minimum atomic E-state index is -0.259. The second-order valence-electron chi connectivity index (χ2n) is 4.91. The van der Waals surface area contributed by atoms with E-state index in [-0.39, 0.29) is 5.82 Å². The molecular formula is C17H14BrFN2O. The van der Waals surface area contributed by atoms with Crippen molar-refractivity contribution in [2.45, 2.75) is 0 Å². The van der Waals surface area contributed by atoms with Crippen LogP contribution in [0, 0.1) is 5.82 Å². The Bertz CT molecular complexity index is 812. The molecule has 112 valence electrons. The minimum absolute atomic E-state index is 0.259. The third-order valence-electron chi connectivity index (χ3n) is 3.43. The van der Waals surface area contributed by atoms with Crippen LogP contribution < -0.4 is 4.74 Å². The molecule has 1 aromatic heterocycles. The van der Waals surface area contributed by atoms with Crippen molar-refractivity contribution in [2.75, 3.05) is 7.11 Å². The van der Waals surface area contributed by atoms with Crippen LogP contribution >= 0.6 is 15.9 Å². The van der Waals surface area contributed by atoms with Gasteiger partial charge in [-0.25, -0.2) is 4.39 Å². The molecule has 0 aliphatic heterocycles. The first-order valence-corrected chi connectivity index (χ1v) is 7.51. The average molecular weight is 361 g/mol. The lowest BCUT2D eigenvalue weighted by atomic mass is 10.0. The van der Waals surface area contributed by atoms with Crippen LogP contribution in [0.25, 0.3) is 22.4 Å². The van der Waals surface area contributed by atoms with Gasteiger partial charge in [-0.3, -0.25) is 4.68 Å². The van der Waals surface area contributed by atoms with Crippen LogP contribution in [-0.4, -0.2) is 16.9 Å². The van der Waals surface area contributed by atoms with Crippen molar-refractivity contribution in [2.24, 2.45) is 7.05 Å². The van der Waals surface area contributed by atoms with E-state index in [1.54, 1.807) is 23.9 Å². The Labute approximate surface area is 136 Å². The fourth-order valence-corrected chi connectivity index (χ4v) is 2.86. The lowest BCUT2D eigenvalue weighted by Gasteiger charge is -2.12.